The van der Waals surface area contributed by atoms with E-state index in [1.165, 1.54) is 0 Å². The standard InChI is InChI=1S/C15H18N2O2/c1-3-5-8-11-17-13-10-7-6-9-12(13)14(16-17)15(18)19-4-2/h3,6-7,9-10H,1,4-5,8,11H2,2H3. The topological polar surface area (TPSA) is 44.1 Å². The largest absolute Gasteiger partial charge is 0.461 e. The molecule has 0 spiro atoms. The number of hydrogen-bond acceptors (Lipinski definition) is 3. The maximum Gasteiger partial charge on any atom is 0.359 e. The van der Waals surface area contributed by atoms with E-state index in [2.05, 4.69) is 11.7 Å². The zero-order valence-corrected chi connectivity index (χ0v) is 11.1. The van der Waals surface area contributed by atoms with Gasteiger partial charge >= 0.3 is 5.97 Å². The number of nitrogens with zero attached hydrogens (tertiary/aromatic N) is 2. The summed E-state index contributed by atoms with van der Waals surface area (Å²) in [5.74, 6) is -0.360. The van der Waals surface area contributed by atoms with E-state index < -0.39 is 0 Å². The third-order valence-electron chi connectivity index (χ3n) is 2.90. The average molecular weight is 258 g/mol. The summed E-state index contributed by atoms with van der Waals surface area (Å²) in [6, 6.07) is 7.72. The van der Waals surface area contributed by atoms with Crippen LogP contribution in [0.4, 0.5) is 0 Å². The van der Waals surface area contributed by atoms with Crippen LogP contribution in [-0.4, -0.2) is 22.4 Å². The number of aryl methyl sites for hydroxylation is 1. The van der Waals surface area contributed by atoms with Crippen molar-refractivity contribution in [3.05, 3.63) is 42.6 Å². The Bertz CT molecular complexity index is 587. The van der Waals surface area contributed by atoms with Crippen molar-refractivity contribution in [2.75, 3.05) is 6.61 Å². The second kappa shape index (κ2) is 6.18. The summed E-state index contributed by atoms with van der Waals surface area (Å²) in [5, 5.41) is 5.23. The Hall–Kier alpha value is -2.10. The Kier molecular flexibility index (Phi) is 4.34. The van der Waals surface area contributed by atoms with Crippen molar-refractivity contribution in [3.8, 4) is 0 Å². The maximum absolute atomic E-state index is 11.9. The summed E-state index contributed by atoms with van der Waals surface area (Å²) < 4.78 is 6.91. The fraction of sp³-hybridized carbons (Fsp3) is 0.333. The lowest BCUT2D eigenvalue weighted by Gasteiger charge is -2.01. The summed E-state index contributed by atoms with van der Waals surface area (Å²) >= 11 is 0. The number of carbonyl (C=O) groups excluding carboxylic acids is 1. The van der Waals surface area contributed by atoms with Gasteiger partial charge in [-0.05, 0) is 25.8 Å². The van der Waals surface area contributed by atoms with Gasteiger partial charge in [-0.15, -0.1) is 6.58 Å². The molecule has 100 valence electrons. The number of allylic oxidation sites excluding steroid dienone is 1. The monoisotopic (exact) mass is 258 g/mol. The lowest BCUT2D eigenvalue weighted by atomic mass is 10.2. The van der Waals surface area contributed by atoms with Crippen molar-refractivity contribution in [1.82, 2.24) is 9.78 Å². The van der Waals surface area contributed by atoms with Crippen molar-refractivity contribution >= 4 is 16.9 Å². The summed E-state index contributed by atoms with van der Waals surface area (Å²) in [5.41, 5.74) is 1.37. The third-order valence-corrected chi connectivity index (χ3v) is 2.90. The van der Waals surface area contributed by atoms with E-state index >= 15 is 0 Å². The molecule has 0 radical (unpaired) electrons. The predicted octanol–water partition coefficient (Wildman–Crippen LogP) is 3.18. The van der Waals surface area contributed by atoms with Crippen molar-refractivity contribution in [2.45, 2.75) is 26.3 Å². The van der Waals surface area contributed by atoms with Crippen LogP contribution in [0.5, 0.6) is 0 Å². The first-order valence-corrected chi connectivity index (χ1v) is 6.51. The van der Waals surface area contributed by atoms with Crippen LogP contribution in [0.25, 0.3) is 10.9 Å². The minimum Gasteiger partial charge on any atom is -0.461 e. The lowest BCUT2D eigenvalue weighted by Crippen LogP contribution is -2.07. The van der Waals surface area contributed by atoms with E-state index in [-0.39, 0.29) is 5.97 Å². The summed E-state index contributed by atoms with van der Waals surface area (Å²) in [4.78, 5) is 11.9. The van der Waals surface area contributed by atoms with Gasteiger partial charge in [0.05, 0.1) is 12.1 Å². The van der Waals surface area contributed by atoms with Crippen LogP contribution in [0, 0.1) is 0 Å². The van der Waals surface area contributed by atoms with Crippen molar-refractivity contribution in [1.29, 1.82) is 0 Å². The van der Waals surface area contributed by atoms with Crippen LogP contribution in [0.3, 0.4) is 0 Å². The van der Waals surface area contributed by atoms with E-state index in [0.29, 0.717) is 12.3 Å². The molecule has 4 nitrogen and oxygen atoms in total. The molecule has 0 aliphatic heterocycles. The summed E-state index contributed by atoms with van der Waals surface area (Å²) in [6.07, 6.45) is 3.78. The zero-order chi connectivity index (χ0) is 13.7. The molecule has 0 amide bonds. The first-order chi connectivity index (χ1) is 9.27. The Balaban J connectivity index is 2.36. The van der Waals surface area contributed by atoms with Gasteiger partial charge in [0, 0.05) is 11.9 Å². The molecular formula is C15H18N2O2. The highest BCUT2D eigenvalue weighted by Gasteiger charge is 2.17. The molecule has 1 aromatic carbocycles. The number of esters is 1. The van der Waals surface area contributed by atoms with Gasteiger partial charge < -0.3 is 4.74 Å². The molecule has 2 rings (SSSR count). The van der Waals surface area contributed by atoms with Gasteiger partial charge in [0.2, 0.25) is 0 Å². The first kappa shape index (κ1) is 13.3. The molecule has 19 heavy (non-hydrogen) atoms. The fourth-order valence-electron chi connectivity index (χ4n) is 2.03. The van der Waals surface area contributed by atoms with Gasteiger partial charge in [-0.2, -0.15) is 5.10 Å². The van der Waals surface area contributed by atoms with Crippen molar-refractivity contribution in [2.24, 2.45) is 0 Å². The Labute approximate surface area is 112 Å². The number of carbonyl (C=O) groups is 1. The highest BCUT2D eigenvalue weighted by Crippen LogP contribution is 2.19. The number of para-hydroxylation sites is 1. The predicted molar refractivity (Wildman–Crippen MR) is 75.1 cm³/mol. The van der Waals surface area contributed by atoms with Gasteiger partial charge in [-0.1, -0.05) is 24.3 Å². The number of unbranched alkanes of at least 4 members (excludes halogenated alkanes) is 1. The van der Waals surface area contributed by atoms with Crippen LogP contribution in [0.1, 0.15) is 30.3 Å². The minimum atomic E-state index is -0.360. The van der Waals surface area contributed by atoms with Crippen LogP contribution in [0.2, 0.25) is 0 Å². The fourth-order valence-corrected chi connectivity index (χ4v) is 2.03. The molecule has 0 aliphatic rings. The van der Waals surface area contributed by atoms with Crippen LogP contribution >= 0.6 is 0 Å². The van der Waals surface area contributed by atoms with Gasteiger partial charge in [0.15, 0.2) is 5.69 Å². The van der Waals surface area contributed by atoms with Gasteiger partial charge in [0.25, 0.3) is 0 Å². The van der Waals surface area contributed by atoms with Gasteiger partial charge in [-0.25, -0.2) is 4.79 Å². The van der Waals surface area contributed by atoms with Crippen LogP contribution in [-0.2, 0) is 11.3 Å². The van der Waals surface area contributed by atoms with Gasteiger partial charge in [0.1, 0.15) is 0 Å². The Morgan fingerprint density at radius 1 is 1.47 bits per heavy atom. The molecule has 1 aromatic heterocycles. The molecule has 0 aliphatic carbocycles. The summed E-state index contributed by atoms with van der Waals surface area (Å²) in [7, 11) is 0. The molecule has 0 bridgehead atoms. The highest BCUT2D eigenvalue weighted by atomic mass is 16.5. The Morgan fingerprint density at radius 3 is 3.00 bits per heavy atom. The molecule has 0 unspecified atom stereocenters. The van der Waals surface area contributed by atoms with Crippen molar-refractivity contribution < 1.29 is 9.53 Å². The van der Waals surface area contributed by atoms with E-state index in [0.717, 1.165) is 30.3 Å². The average Bonchev–Trinajstić information content (AvgIpc) is 2.79. The molecule has 1 heterocycles. The second-order valence-corrected chi connectivity index (χ2v) is 4.24. The highest BCUT2D eigenvalue weighted by molar-refractivity contribution is 6.02. The van der Waals surface area contributed by atoms with E-state index in [4.69, 9.17) is 4.74 Å². The van der Waals surface area contributed by atoms with E-state index in [1.54, 1.807) is 6.92 Å². The molecular weight excluding hydrogens is 240 g/mol. The second-order valence-electron chi connectivity index (χ2n) is 4.24. The summed E-state index contributed by atoms with van der Waals surface area (Å²) in [6.45, 7) is 6.63. The lowest BCUT2D eigenvalue weighted by molar-refractivity contribution is 0.0520. The SMILES string of the molecule is C=CCCCn1nc(C(=O)OCC)c2ccccc21. The molecule has 0 saturated heterocycles. The Morgan fingerprint density at radius 2 is 2.26 bits per heavy atom. The molecule has 0 saturated carbocycles. The number of aromatic nitrogens is 2. The molecule has 0 atom stereocenters. The number of hydrogen-bond donors (Lipinski definition) is 0. The molecule has 2 aromatic rings. The number of fused-ring (bicyclic) bond motifs is 1. The molecule has 0 N–H and O–H groups in total. The van der Waals surface area contributed by atoms with Crippen LogP contribution in [0.15, 0.2) is 36.9 Å². The minimum absolute atomic E-state index is 0.358. The number of ether oxygens (including phenoxy) is 1. The smallest absolute Gasteiger partial charge is 0.359 e. The van der Waals surface area contributed by atoms with Gasteiger partial charge in [-0.3, -0.25) is 4.68 Å². The maximum atomic E-state index is 11.9. The normalized spacial score (nSPS) is 10.6. The zero-order valence-electron chi connectivity index (χ0n) is 11.1. The quantitative estimate of drug-likeness (QED) is 0.454. The first-order valence-electron chi connectivity index (χ1n) is 6.51. The number of rotatable bonds is 6. The third kappa shape index (κ3) is 2.84. The van der Waals surface area contributed by atoms with Crippen molar-refractivity contribution in [3.63, 3.8) is 0 Å². The number of benzene rings is 1. The van der Waals surface area contributed by atoms with E-state index in [9.17, 15) is 4.79 Å². The molecule has 4 heteroatoms. The van der Waals surface area contributed by atoms with Crippen LogP contribution < -0.4 is 0 Å². The van der Waals surface area contributed by atoms with E-state index in [1.807, 2.05) is 35.0 Å². The molecule has 0 fully saturated rings.